The Hall–Kier alpha value is -1.28. The van der Waals surface area contributed by atoms with Gasteiger partial charge < -0.3 is 5.32 Å². The Bertz CT molecular complexity index is 453. The molecule has 0 saturated carbocycles. The molecule has 1 N–H and O–H groups in total. The molecule has 1 aromatic carbocycles. The molecule has 0 aliphatic heterocycles. The minimum absolute atomic E-state index is 0.0282. The molecule has 0 bridgehead atoms. The van der Waals surface area contributed by atoms with Gasteiger partial charge in [0.25, 0.3) is 0 Å². The van der Waals surface area contributed by atoms with E-state index in [4.69, 9.17) is 11.6 Å². The van der Waals surface area contributed by atoms with Gasteiger partial charge in [0.05, 0.1) is 0 Å². The third kappa shape index (κ3) is 11.0. The van der Waals surface area contributed by atoms with Crippen molar-refractivity contribution in [3.05, 3.63) is 40.9 Å². The highest BCUT2D eigenvalue weighted by molar-refractivity contribution is 6.30. The van der Waals surface area contributed by atoms with Gasteiger partial charge in [0.1, 0.15) is 0 Å². The first-order valence-electron chi connectivity index (χ1n) is 8.94. The average molecular weight is 336 g/mol. The number of hydrogen-bond donors (Lipinski definition) is 1. The van der Waals surface area contributed by atoms with Crippen LogP contribution in [0.2, 0.25) is 5.02 Å². The summed E-state index contributed by atoms with van der Waals surface area (Å²) >= 11 is 5.82. The van der Waals surface area contributed by atoms with Gasteiger partial charge in [-0.25, -0.2) is 0 Å². The molecule has 23 heavy (non-hydrogen) atoms. The van der Waals surface area contributed by atoms with Crippen molar-refractivity contribution in [3.63, 3.8) is 0 Å². The van der Waals surface area contributed by atoms with Crippen LogP contribution >= 0.6 is 11.6 Å². The Morgan fingerprint density at radius 2 is 1.52 bits per heavy atom. The summed E-state index contributed by atoms with van der Waals surface area (Å²) in [7, 11) is 0. The number of unbranched alkanes of at least 4 members (excludes halogenated alkanes) is 8. The fraction of sp³-hybridized carbons (Fsp3) is 0.550. The molecule has 128 valence electrons. The number of rotatable bonds is 12. The third-order valence-electron chi connectivity index (χ3n) is 3.88. The Labute approximate surface area is 146 Å². The van der Waals surface area contributed by atoms with E-state index in [1.54, 1.807) is 6.08 Å². The lowest BCUT2D eigenvalue weighted by Crippen LogP contribution is -2.21. The minimum atomic E-state index is -0.0282. The maximum absolute atomic E-state index is 11.7. The Kier molecular flexibility index (Phi) is 11.3. The van der Waals surface area contributed by atoms with E-state index < -0.39 is 0 Å². The molecule has 1 rings (SSSR count). The molecule has 0 aromatic heterocycles. The highest BCUT2D eigenvalue weighted by Gasteiger charge is 1.96. The van der Waals surface area contributed by atoms with Crippen molar-refractivity contribution in [3.8, 4) is 0 Å². The second kappa shape index (κ2) is 13.2. The van der Waals surface area contributed by atoms with Gasteiger partial charge in [0.15, 0.2) is 0 Å². The first-order valence-corrected chi connectivity index (χ1v) is 9.31. The van der Waals surface area contributed by atoms with Gasteiger partial charge in [0.2, 0.25) is 5.91 Å². The monoisotopic (exact) mass is 335 g/mol. The Morgan fingerprint density at radius 3 is 2.13 bits per heavy atom. The van der Waals surface area contributed by atoms with Crippen LogP contribution in [0.4, 0.5) is 0 Å². The molecule has 0 heterocycles. The fourth-order valence-electron chi connectivity index (χ4n) is 2.45. The Morgan fingerprint density at radius 1 is 0.957 bits per heavy atom. The van der Waals surface area contributed by atoms with Crippen molar-refractivity contribution < 1.29 is 4.79 Å². The second-order valence-corrected chi connectivity index (χ2v) is 6.44. The van der Waals surface area contributed by atoms with Crippen LogP contribution in [0.3, 0.4) is 0 Å². The van der Waals surface area contributed by atoms with Crippen molar-refractivity contribution in [1.29, 1.82) is 0 Å². The zero-order valence-electron chi connectivity index (χ0n) is 14.3. The standard InChI is InChI=1S/C20H30ClNO/c1-2-3-4-5-6-7-8-9-10-17-22-20(23)16-13-18-11-14-19(21)15-12-18/h11-16H,2-10,17H2,1H3,(H,22,23)/b16-13+. The summed E-state index contributed by atoms with van der Waals surface area (Å²) in [6.45, 7) is 3.01. The molecule has 0 fully saturated rings. The molecule has 0 aliphatic rings. The van der Waals surface area contributed by atoms with Crippen molar-refractivity contribution >= 4 is 23.6 Å². The van der Waals surface area contributed by atoms with Crippen LogP contribution in [0, 0.1) is 0 Å². The van der Waals surface area contributed by atoms with E-state index in [1.165, 1.54) is 51.4 Å². The van der Waals surface area contributed by atoms with Crippen LogP contribution in [-0.4, -0.2) is 12.5 Å². The van der Waals surface area contributed by atoms with Gasteiger partial charge in [-0.3, -0.25) is 4.79 Å². The van der Waals surface area contributed by atoms with Crippen LogP contribution in [0.5, 0.6) is 0 Å². The number of carbonyl (C=O) groups is 1. The normalized spacial score (nSPS) is 11.0. The lowest BCUT2D eigenvalue weighted by atomic mass is 10.1. The lowest BCUT2D eigenvalue weighted by molar-refractivity contribution is -0.116. The van der Waals surface area contributed by atoms with Crippen molar-refractivity contribution in [2.24, 2.45) is 0 Å². The molecule has 0 saturated heterocycles. The summed E-state index contributed by atoms with van der Waals surface area (Å²) in [5, 5.41) is 3.64. The summed E-state index contributed by atoms with van der Waals surface area (Å²) in [6.07, 6.45) is 15.1. The molecular formula is C20H30ClNO. The predicted octanol–water partition coefficient (Wildman–Crippen LogP) is 6.00. The van der Waals surface area contributed by atoms with Gasteiger partial charge in [-0.15, -0.1) is 0 Å². The number of carbonyl (C=O) groups excluding carboxylic acids is 1. The van der Waals surface area contributed by atoms with E-state index in [-0.39, 0.29) is 5.91 Å². The summed E-state index contributed by atoms with van der Waals surface area (Å²) in [4.78, 5) is 11.7. The van der Waals surface area contributed by atoms with E-state index in [2.05, 4.69) is 12.2 Å². The van der Waals surface area contributed by atoms with Gasteiger partial charge in [0, 0.05) is 17.6 Å². The van der Waals surface area contributed by atoms with Crippen LogP contribution in [0.15, 0.2) is 30.3 Å². The predicted molar refractivity (Wildman–Crippen MR) is 101 cm³/mol. The molecular weight excluding hydrogens is 306 g/mol. The van der Waals surface area contributed by atoms with E-state index >= 15 is 0 Å². The molecule has 0 spiro atoms. The highest BCUT2D eigenvalue weighted by Crippen LogP contribution is 2.11. The Balaban J connectivity index is 1.98. The van der Waals surface area contributed by atoms with Gasteiger partial charge in [-0.1, -0.05) is 82.0 Å². The topological polar surface area (TPSA) is 29.1 Å². The number of nitrogens with one attached hydrogen (secondary N) is 1. The number of hydrogen-bond acceptors (Lipinski definition) is 1. The van der Waals surface area contributed by atoms with Gasteiger partial charge in [-0.2, -0.15) is 0 Å². The largest absolute Gasteiger partial charge is 0.353 e. The van der Waals surface area contributed by atoms with Crippen molar-refractivity contribution in [2.45, 2.75) is 64.7 Å². The second-order valence-electron chi connectivity index (χ2n) is 6.00. The van der Waals surface area contributed by atoms with Crippen LogP contribution in [-0.2, 0) is 4.79 Å². The van der Waals surface area contributed by atoms with Crippen molar-refractivity contribution in [2.75, 3.05) is 6.54 Å². The SMILES string of the molecule is CCCCCCCCCCCNC(=O)/C=C/c1ccc(Cl)cc1. The van der Waals surface area contributed by atoms with Crippen molar-refractivity contribution in [1.82, 2.24) is 5.32 Å². The first-order chi connectivity index (χ1) is 11.2. The number of amides is 1. The zero-order valence-corrected chi connectivity index (χ0v) is 15.1. The van der Waals surface area contributed by atoms with Gasteiger partial charge >= 0.3 is 0 Å². The first kappa shape index (κ1) is 19.8. The zero-order chi connectivity index (χ0) is 16.8. The molecule has 1 amide bonds. The molecule has 1 aromatic rings. The maximum atomic E-state index is 11.7. The average Bonchev–Trinajstić information content (AvgIpc) is 2.56. The quantitative estimate of drug-likeness (QED) is 0.368. The van der Waals surface area contributed by atoms with Crippen LogP contribution < -0.4 is 5.32 Å². The summed E-state index contributed by atoms with van der Waals surface area (Å²) < 4.78 is 0. The van der Waals surface area contributed by atoms with E-state index in [9.17, 15) is 4.79 Å². The smallest absolute Gasteiger partial charge is 0.243 e. The maximum Gasteiger partial charge on any atom is 0.243 e. The number of halogens is 1. The molecule has 3 heteroatoms. The summed E-state index contributed by atoms with van der Waals surface area (Å²) in [5.41, 5.74) is 0.979. The highest BCUT2D eigenvalue weighted by atomic mass is 35.5. The summed E-state index contributed by atoms with van der Waals surface area (Å²) in [5.74, 6) is -0.0282. The molecule has 0 radical (unpaired) electrons. The van der Waals surface area contributed by atoms with Crippen LogP contribution in [0.25, 0.3) is 6.08 Å². The molecule has 0 aliphatic carbocycles. The van der Waals surface area contributed by atoms with Crippen LogP contribution in [0.1, 0.15) is 70.3 Å². The van der Waals surface area contributed by atoms with E-state index in [1.807, 2.05) is 30.3 Å². The minimum Gasteiger partial charge on any atom is -0.353 e. The third-order valence-corrected chi connectivity index (χ3v) is 4.13. The number of benzene rings is 1. The molecule has 0 unspecified atom stereocenters. The lowest BCUT2D eigenvalue weighted by Gasteiger charge is -2.03. The van der Waals surface area contributed by atoms with E-state index in [0.717, 1.165) is 18.5 Å². The molecule has 2 nitrogen and oxygen atoms in total. The summed E-state index contributed by atoms with van der Waals surface area (Å²) in [6, 6.07) is 7.43. The fourth-order valence-corrected chi connectivity index (χ4v) is 2.58. The molecule has 0 atom stereocenters. The van der Waals surface area contributed by atoms with E-state index in [0.29, 0.717) is 5.02 Å². The van der Waals surface area contributed by atoms with Gasteiger partial charge in [-0.05, 0) is 30.2 Å².